The molecule has 0 saturated heterocycles. The minimum absolute atomic E-state index is 0.860. The van der Waals surface area contributed by atoms with E-state index in [1.165, 1.54) is 0 Å². The molecule has 0 saturated carbocycles. The molecule has 3 nitrogen and oxygen atoms in total. The highest BCUT2D eigenvalue weighted by atomic mass is 32.1. The molecule has 18 heavy (non-hydrogen) atoms. The Kier molecular flexibility index (Phi) is 3.02. The van der Waals surface area contributed by atoms with Crippen LogP contribution in [0.3, 0.4) is 0 Å². The van der Waals surface area contributed by atoms with Crippen molar-refractivity contribution in [2.24, 2.45) is 4.99 Å². The van der Waals surface area contributed by atoms with Crippen LogP contribution in [0.2, 0.25) is 0 Å². The first-order valence-electron chi connectivity index (χ1n) is 5.89. The number of hydrogen-bond donors (Lipinski definition) is 0. The van der Waals surface area contributed by atoms with Gasteiger partial charge in [-0.2, -0.15) is 0 Å². The fourth-order valence-electron chi connectivity index (χ4n) is 1.96. The molecular formula is C14H14N2OS. The first-order chi connectivity index (χ1) is 8.83. The Hall–Kier alpha value is -1.81. The van der Waals surface area contributed by atoms with Crippen LogP contribution in [0.4, 0.5) is 0 Å². The summed E-state index contributed by atoms with van der Waals surface area (Å²) in [6.45, 7) is 1.89. The predicted molar refractivity (Wildman–Crippen MR) is 74.9 cm³/mol. The van der Waals surface area contributed by atoms with E-state index in [0.717, 1.165) is 36.0 Å². The van der Waals surface area contributed by atoms with Gasteiger partial charge in [-0.3, -0.25) is 4.99 Å². The second-order valence-electron chi connectivity index (χ2n) is 4.21. The number of likely N-dealkylation sites (N-methyl/N-ethyl adjacent to an activating group) is 1. The van der Waals surface area contributed by atoms with E-state index in [1.54, 1.807) is 11.3 Å². The standard InChI is InChI=1S/C14H14N2OS/c1-16-8-7-15-14(16)11-2-4-12(5-3-11)17-13-6-9-18-10-13/h2-6,9-10H,7-8H2,1H3. The van der Waals surface area contributed by atoms with Gasteiger partial charge in [0.1, 0.15) is 17.3 Å². The van der Waals surface area contributed by atoms with Crippen LogP contribution in [0.15, 0.2) is 46.1 Å². The molecule has 0 amide bonds. The molecule has 0 unspecified atom stereocenters. The Bertz CT molecular complexity index is 546. The summed E-state index contributed by atoms with van der Waals surface area (Å²) in [7, 11) is 2.07. The Morgan fingerprint density at radius 2 is 2.00 bits per heavy atom. The molecule has 0 radical (unpaired) electrons. The molecule has 0 aliphatic carbocycles. The molecule has 4 heteroatoms. The topological polar surface area (TPSA) is 24.8 Å². The van der Waals surface area contributed by atoms with E-state index in [2.05, 4.69) is 29.1 Å². The third-order valence-electron chi connectivity index (χ3n) is 2.90. The van der Waals surface area contributed by atoms with Crippen molar-refractivity contribution < 1.29 is 4.74 Å². The molecule has 92 valence electrons. The van der Waals surface area contributed by atoms with Crippen LogP contribution in [0.5, 0.6) is 11.5 Å². The van der Waals surface area contributed by atoms with E-state index in [0.29, 0.717) is 0 Å². The van der Waals surface area contributed by atoms with Crippen molar-refractivity contribution in [2.75, 3.05) is 20.1 Å². The molecule has 3 rings (SSSR count). The maximum atomic E-state index is 5.72. The number of nitrogens with zero attached hydrogens (tertiary/aromatic N) is 2. The number of hydrogen-bond acceptors (Lipinski definition) is 4. The van der Waals surface area contributed by atoms with Crippen molar-refractivity contribution in [1.82, 2.24) is 4.90 Å². The van der Waals surface area contributed by atoms with E-state index in [1.807, 2.05) is 29.0 Å². The van der Waals surface area contributed by atoms with Crippen LogP contribution in [0.25, 0.3) is 0 Å². The van der Waals surface area contributed by atoms with Crippen LogP contribution >= 0.6 is 11.3 Å². The van der Waals surface area contributed by atoms with Gasteiger partial charge < -0.3 is 9.64 Å². The molecular weight excluding hydrogens is 244 g/mol. The second-order valence-corrected chi connectivity index (χ2v) is 4.99. The van der Waals surface area contributed by atoms with Gasteiger partial charge in [-0.1, -0.05) is 0 Å². The quantitative estimate of drug-likeness (QED) is 0.844. The van der Waals surface area contributed by atoms with Gasteiger partial charge in [0.05, 0.1) is 6.54 Å². The van der Waals surface area contributed by atoms with Crippen molar-refractivity contribution in [2.45, 2.75) is 0 Å². The average molecular weight is 258 g/mol. The normalized spacial score (nSPS) is 14.7. The van der Waals surface area contributed by atoms with Crippen LogP contribution in [-0.2, 0) is 0 Å². The smallest absolute Gasteiger partial charge is 0.138 e. The molecule has 2 heterocycles. The van der Waals surface area contributed by atoms with Gasteiger partial charge >= 0.3 is 0 Å². The molecule has 0 atom stereocenters. The van der Waals surface area contributed by atoms with Gasteiger partial charge in [0.15, 0.2) is 0 Å². The van der Waals surface area contributed by atoms with Crippen LogP contribution in [-0.4, -0.2) is 30.9 Å². The molecule has 0 N–H and O–H groups in total. The summed E-state index contributed by atoms with van der Waals surface area (Å²) < 4.78 is 5.72. The van der Waals surface area contributed by atoms with E-state index >= 15 is 0 Å². The lowest BCUT2D eigenvalue weighted by Crippen LogP contribution is -2.23. The first kappa shape index (κ1) is 11.3. The first-order valence-corrected chi connectivity index (χ1v) is 6.83. The van der Waals surface area contributed by atoms with Crippen molar-refractivity contribution in [3.63, 3.8) is 0 Å². The second kappa shape index (κ2) is 4.82. The minimum atomic E-state index is 0.860. The van der Waals surface area contributed by atoms with Crippen LogP contribution in [0, 0.1) is 0 Å². The fraction of sp³-hybridized carbons (Fsp3) is 0.214. The Balaban J connectivity index is 1.77. The largest absolute Gasteiger partial charge is 0.457 e. The number of benzene rings is 1. The zero-order chi connectivity index (χ0) is 12.4. The van der Waals surface area contributed by atoms with Gasteiger partial charge in [0, 0.05) is 24.5 Å². The van der Waals surface area contributed by atoms with Crippen molar-refractivity contribution in [3.05, 3.63) is 46.7 Å². The molecule has 0 spiro atoms. The molecule has 1 aliphatic rings. The number of thiophene rings is 1. The predicted octanol–water partition coefficient (Wildman–Crippen LogP) is 3.23. The Morgan fingerprint density at radius 1 is 1.17 bits per heavy atom. The molecule has 1 aromatic carbocycles. The lowest BCUT2D eigenvalue weighted by atomic mass is 10.2. The minimum Gasteiger partial charge on any atom is -0.457 e. The zero-order valence-electron chi connectivity index (χ0n) is 10.2. The van der Waals surface area contributed by atoms with Crippen molar-refractivity contribution in [1.29, 1.82) is 0 Å². The summed E-state index contributed by atoms with van der Waals surface area (Å²) in [6, 6.07) is 10.1. The lowest BCUT2D eigenvalue weighted by Gasteiger charge is -2.13. The van der Waals surface area contributed by atoms with Crippen molar-refractivity contribution >= 4 is 17.2 Å². The summed E-state index contributed by atoms with van der Waals surface area (Å²) in [4.78, 5) is 6.67. The molecule has 1 aliphatic heterocycles. The van der Waals surface area contributed by atoms with E-state index < -0.39 is 0 Å². The summed E-state index contributed by atoms with van der Waals surface area (Å²) in [6.07, 6.45) is 0. The molecule has 1 aromatic heterocycles. The van der Waals surface area contributed by atoms with Gasteiger partial charge in [-0.25, -0.2) is 0 Å². The third kappa shape index (κ3) is 2.24. The van der Waals surface area contributed by atoms with Crippen molar-refractivity contribution in [3.8, 4) is 11.5 Å². The highest BCUT2D eigenvalue weighted by Crippen LogP contribution is 2.24. The Labute approximate surface area is 110 Å². The van der Waals surface area contributed by atoms with Gasteiger partial charge in [0.25, 0.3) is 0 Å². The number of rotatable bonds is 3. The molecule has 2 aromatic rings. The maximum Gasteiger partial charge on any atom is 0.138 e. The summed E-state index contributed by atoms with van der Waals surface area (Å²) in [5.74, 6) is 2.82. The number of ether oxygens (including phenoxy) is 1. The molecule has 0 fully saturated rings. The molecule has 0 bridgehead atoms. The lowest BCUT2D eigenvalue weighted by molar-refractivity contribution is 0.485. The van der Waals surface area contributed by atoms with Crippen LogP contribution < -0.4 is 4.74 Å². The number of aliphatic imine (C=N–C) groups is 1. The summed E-state index contributed by atoms with van der Waals surface area (Å²) >= 11 is 1.63. The third-order valence-corrected chi connectivity index (χ3v) is 3.56. The number of amidine groups is 1. The monoisotopic (exact) mass is 258 g/mol. The van der Waals surface area contributed by atoms with E-state index in [4.69, 9.17) is 4.74 Å². The summed E-state index contributed by atoms with van der Waals surface area (Å²) in [5.41, 5.74) is 1.15. The summed E-state index contributed by atoms with van der Waals surface area (Å²) in [5, 5.41) is 3.99. The van der Waals surface area contributed by atoms with Gasteiger partial charge in [-0.15, -0.1) is 11.3 Å². The van der Waals surface area contributed by atoms with Gasteiger partial charge in [-0.05, 0) is 35.7 Å². The SMILES string of the molecule is CN1CCN=C1c1ccc(Oc2ccsc2)cc1. The van der Waals surface area contributed by atoms with Crippen LogP contribution in [0.1, 0.15) is 5.56 Å². The zero-order valence-corrected chi connectivity index (χ0v) is 11.0. The maximum absolute atomic E-state index is 5.72. The Morgan fingerprint density at radius 3 is 2.61 bits per heavy atom. The van der Waals surface area contributed by atoms with E-state index in [-0.39, 0.29) is 0 Å². The van der Waals surface area contributed by atoms with E-state index in [9.17, 15) is 0 Å². The highest BCUT2D eigenvalue weighted by Gasteiger charge is 2.14. The average Bonchev–Trinajstić information content (AvgIpc) is 3.02. The van der Waals surface area contributed by atoms with Gasteiger partial charge in [0.2, 0.25) is 0 Å². The highest BCUT2D eigenvalue weighted by molar-refractivity contribution is 7.08. The fourth-order valence-corrected chi connectivity index (χ4v) is 2.51.